The van der Waals surface area contributed by atoms with Crippen LogP contribution in [0, 0.1) is 34.5 Å². The maximum atomic E-state index is 15.3. The quantitative estimate of drug-likeness (QED) is 0.137. The standard InChI is InChI=1S/C57H74N8O10S/c1-33-30-74-50(33)51(66)60-47-49(63-16-21-72-22-17-63)52-59-43(31-76-52)36-10-11-44-40(27-36)42(28-56(3,4)32-75-54(68)46-37-25-38(26-37)65(61-46)53(47)67)48(64(44)18-23-73-39-13-19-71-20-14-39)41-24-35(29-58-45(41)34(2)70-9)12-15-57(5,6)55(69)62(7)8/h10-11,24,27,29,31,33-34,37-39,46-47,49-50,61H,13-14,16-23,25-26,28,30,32H2,1-9H3,(H,60,66)/t33-,34-,37?,38?,46-,47-,49-,50-/m0/s1. The first-order chi connectivity index (χ1) is 36.4. The number of esters is 1. The summed E-state index contributed by atoms with van der Waals surface area (Å²) in [4.78, 5) is 71.4. The zero-order valence-corrected chi connectivity index (χ0v) is 46.3. The van der Waals surface area contributed by atoms with Gasteiger partial charge in [-0.15, -0.1) is 11.3 Å². The number of aromatic nitrogens is 3. The number of nitrogens with zero attached hydrogens (tertiary/aromatic N) is 6. The van der Waals surface area contributed by atoms with Crippen molar-refractivity contribution in [2.75, 3.05) is 80.5 Å². The van der Waals surface area contributed by atoms with Crippen LogP contribution in [-0.4, -0.2) is 164 Å². The largest absolute Gasteiger partial charge is 0.464 e. The van der Waals surface area contributed by atoms with Gasteiger partial charge in [-0.05, 0) is 82.6 Å². The van der Waals surface area contributed by atoms with Gasteiger partial charge in [-0.2, -0.15) is 0 Å². The Hall–Kier alpha value is -5.30. The molecule has 6 aliphatic heterocycles. The van der Waals surface area contributed by atoms with E-state index in [1.165, 1.54) is 11.3 Å². The van der Waals surface area contributed by atoms with Crippen LogP contribution in [0.25, 0.3) is 33.4 Å². The number of carbonyl (C=O) groups is 4. The molecule has 408 valence electrons. The van der Waals surface area contributed by atoms with Crippen LogP contribution in [0.2, 0.25) is 0 Å². The highest BCUT2D eigenvalue weighted by Gasteiger charge is 2.53. The third-order valence-electron chi connectivity index (χ3n) is 16.1. The minimum atomic E-state index is -1.08. The summed E-state index contributed by atoms with van der Waals surface area (Å²) in [5, 5.41) is 8.44. The first-order valence-corrected chi connectivity index (χ1v) is 27.9. The van der Waals surface area contributed by atoms with Crippen molar-refractivity contribution in [2.45, 2.75) is 123 Å². The summed E-state index contributed by atoms with van der Waals surface area (Å²) in [6.07, 6.45) is 4.07. The van der Waals surface area contributed by atoms with Crippen molar-refractivity contribution in [1.82, 2.24) is 40.1 Å². The highest BCUT2D eigenvalue weighted by molar-refractivity contribution is 7.10. The minimum Gasteiger partial charge on any atom is -0.464 e. The summed E-state index contributed by atoms with van der Waals surface area (Å²) in [6, 6.07) is 5.80. The number of thiazole rings is 1. The summed E-state index contributed by atoms with van der Waals surface area (Å²) >= 11 is 1.46. The molecule has 18 nitrogen and oxygen atoms in total. The van der Waals surface area contributed by atoms with Crippen LogP contribution in [0.3, 0.4) is 0 Å². The second-order valence-electron chi connectivity index (χ2n) is 23.0. The molecule has 6 fully saturated rings. The molecule has 1 aliphatic carbocycles. The van der Waals surface area contributed by atoms with E-state index in [4.69, 9.17) is 38.4 Å². The molecule has 11 rings (SSSR count). The van der Waals surface area contributed by atoms with E-state index in [1.807, 2.05) is 33.1 Å². The predicted octanol–water partition coefficient (Wildman–Crippen LogP) is 5.71. The van der Waals surface area contributed by atoms with Crippen LogP contribution in [0.1, 0.15) is 101 Å². The van der Waals surface area contributed by atoms with Crippen LogP contribution in [0.4, 0.5) is 0 Å². The van der Waals surface area contributed by atoms with Gasteiger partial charge in [-0.25, -0.2) is 10.4 Å². The molecule has 0 unspecified atom stereocenters. The molecule has 5 saturated heterocycles. The number of carbonyl (C=O) groups excluding carboxylic acids is 4. The summed E-state index contributed by atoms with van der Waals surface area (Å²) in [6.45, 7) is 16.5. The number of methoxy groups -OCH3 is 1. The normalized spacial score (nSPS) is 26.5. The summed E-state index contributed by atoms with van der Waals surface area (Å²) in [5.41, 5.74) is 8.39. The Kier molecular flexibility index (Phi) is 15.8. The molecule has 19 heteroatoms. The molecule has 1 saturated carbocycles. The number of pyridine rings is 1. The lowest BCUT2D eigenvalue weighted by molar-refractivity contribution is -0.174. The molecule has 2 N–H and O–H groups in total. The minimum absolute atomic E-state index is 0.0116. The molecule has 0 spiro atoms. The van der Waals surface area contributed by atoms with Gasteiger partial charge in [0.25, 0.3) is 5.91 Å². The van der Waals surface area contributed by atoms with E-state index in [-0.39, 0.29) is 48.3 Å². The molecular weight excluding hydrogens is 989 g/mol. The van der Waals surface area contributed by atoms with Gasteiger partial charge in [-0.1, -0.05) is 38.7 Å². The lowest BCUT2D eigenvalue weighted by atomic mass is 9.73. The van der Waals surface area contributed by atoms with Crippen LogP contribution < -0.4 is 10.7 Å². The molecule has 3 aromatic heterocycles. The second kappa shape index (κ2) is 22.2. The van der Waals surface area contributed by atoms with Gasteiger partial charge in [0.15, 0.2) is 0 Å². The average molecular weight is 1060 g/mol. The van der Waals surface area contributed by atoms with Crippen LogP contribution in [0.5, 0.6) is 0 Å². The highest BCUT2D eigenvalue weighted by Crippen LogP contribution is 2.45. The number of benzene rings is 1. The maximum absolute atomic E-state index is 15.3. The molecule has 3 amide bonds. The summed E-state index contributed by atoms with van der Waals surface area (Å²) in [5.74, 6) is 5.30. The SMILES string of the molecule is CO[C@@H](C)c1ncc(C#CC(C)(C)C(=O)N(C)C)cc1-c1c2c3cc(ccc3n1CCOC1CCOCC1)-c1csc(n1)[C@@H](N1CCOCC1)[C@H](NC(=O)[C@H]1OC[C@@H]1C)C(=O)N1N[C@H](C(=O)OCC(C)(C)C2)C2CC1C2. The van der Waals surface area contributed by atoms with Crippen molar-refractivity contribution in [3.63, 3.8) is 0 Å². The van der Waals surface area contributed by atoms with Gasteiger partial charge in [-0.3, -0.25) is 34.1 Å². The van der Waals surface area contributed by atoms with Gasteiger partial charge in [0.05, 0.1) is 68.4 Å². The third-order valence-corrected chi connectivity index (χ3v) is 17.0. The lowest BCUT2D eigenvalue weighted by Gasteiger charge is -2.53. The number of fused-ring (bicyclic) bond motifs is 4. The number of amides is 3. The Bertz CT molecular complexity index is 2890. The Morgan fingerprint density at radius 2 is 1.83 bits per heavy atom. The predicted molar refractivity (Wildman–Crippen MR) is 286 cm³/mol. The van der Waals surface area contributed by atoms with Gasteiger partial charge in [0.2, 0.25) is 11.8 Å². The molecular formula is C57H74N8O10S. The Labute approximate surface area is 449 Å². The van der Waals surface area contributed by atoms with Crippen molar-refractivity contribution in [3.8, 4) is 34.4 Å². The number of rotatable bonds is 11. The molecule has 7 aliphatic rings. The zero-order valence-electron chi connectivity index (χ0n) is 45.4. The number of ether oxygens (including phenoxy) is 6. The molecule has 1 aromatic carbocycles. The van der Waals surface area contributed by atoms with Crippen LogP contribution in [0.15, 0.2) is 35.8 Å². The maximum Gasteiger partial charge on any atom is 0.325 e. The van der Waals surface area contributed by atoms with Crippen molar-refractivity contribution in [1.29, 1.82) is 0 Å². The number of hydrazine groups is 1. The van der Waals surface area contributed by atoms with Gasteiger partial charge < -0.3 is 43.2 Å². The number of morpholine rings is 1. The molecule has 76 heavy (non-hydrogen) atoms. The van der Waals surface area contributed by atoms with Crippen LogP contribution in [-0.2, 0) is 60.6 Å². The third kappa shape index (κ3) is 10.9. The fourth-order valence-corrected chi connectivity index (χ4v) is 12.6. The van der Waals surface area contributed by atoms with Gasteiger partial charge >= 0.3 is 5.97 Å². The summed E-state index contributed by atoms with van der Waals surface area (Å²) < 4.78 is 38.6. The van der Waals surface area contributed by atoms with Crippen molar-refractivity contribution in [2.24, 2.45) is 22.7 Å². The Morgan fingerprint density at radius 1 is 1.08 bits per heavy atom. The Morgan fingerprint density at radius 3 is 2.53 bits per heavy atom. The van der Waals surface area contributed by atoms with Gasteiger partial charge in [0, 0.05) is 111 Å². The van der Waals surface area contributed by atoms with E-state index in [0.29, 0.717) is 94.8 Å². The molecule has 6 atom stereocenters. The molecule has 8 bridgehead atoms. The van der Waals surface area contributed by atoms with E-state index >= 15 is 4.79 Å². The monoisotopic (exact) mass is 1060 g/mol. The topological polar surface area (TPSA) is 188 Å². The first kappa shape index (κ1) is 54.1. The Balaban J connectivity index is 1.16. The molecule has 9 heterocycles. The number of nitrogens with one attached hydrogen (secondary N) is 2. The molecule has 4 aromatic rings. The smallest absolute Gasteiger partial charge is 0.325 e. The number of hydrogen-bond acceptors (Lipinski definition) is 15. The van der Waals surface area contributed by atoms with E-state index < -0.39 is 47.1 Å². The van der Waals surface area contributed by atoms with E-state index in [2.05, 4.69) is 70.2 Å². The number of hydrogen-bond donors (Lipinski definition) is 2. The van der Waals surface area contributed by atoms with E-state index in [0.717, 1.165) is 51.8 Å². The zero-order chi connectivity index (χ0) is 53.6. The molecule has 0 radical (unpaired) electrons. The fraction of sp³-hybridized carbons (Fsp3) is 0.614. The van der Waals surface area contributed by atoms with E-state index in [1.54, 1.807) is 37.3 Å². The lowest BCUT2D eigenvalue weighted by Crippen LogP contribution is -2.72. The van der Waals surface area contributed by atoms with Crippen molar-refractivity contribution < 1.29 is 47.6 Å². The van der Waals surface area contributed by atoms with Crippen molar-refractivity contribution >= 4 is 45.9 Å². The van der Waals surface area contributed by atoms with Gasteiger partial charge in [0.1, 0.15) is 28.6 Å². The second-order valence-corrected chi connectivity index (χ2v) is 23.9. The number of cyclic esters (lactones) is 1. The van der Waals surface area contributed by atoms with Crippen LogP contribution >= 0.6 is 11.3 Å². The summed E-state index contributed by atoms with van der Waals surface area (Å²) in [7, 11) is 5.13. The highest BCUT2D eigenvalue weighted by atomic mass is 32.1. The first-order valence-electron chi connectivity index (χ1n) is 27.0. The van der Waals surface area contributed by atoms with E-state index in [9.17, 15) is 14.4 Å². The fourth-order valence-electron chi connectivity index (χ4n) is 11.6. The average Bonchev–Trinajstić information content (AvgIpc) is 4.04. The van der Waals surface area contributed by atoms with Crippen molar-refractivity contribution in [3.05, 3.63) is 57.7 Å².